The number of rotatable bonds is 5. The summed E-state index contributed by atoms with van der Waals surface area (Å²) >= 11 is 6.06. The lowest BCUT2D eigenvalue weighted by Gasteiger charge is -2.16. The van der Waals surface area contributed by atoms with Gasteiger partial charge in [-0.25, -0.2) is 8.42 Å². The van der Waals surface area contributed by atoms with Gasteiger partial charge in [-0.3, -0.25) is 0 Å². The highest BCUT2D eigenvalue weighted by atomic mass is 35.5. The van der Waals surface area contributed by atoms with Crippen LogP contribution in [0.4, 0.5) is 5.69 Å². The van der Waals surface area contributed by atoms with Gasteiger partial charge in [-0.15, -0.1) is 0 Å². The van der Waals surface area contributed by atoms with Gasteiger partial charge in [0, 0.05) is 35.2 Å². The first-order valence-electron chi connectivity index (χ1n) is 7.79. The van der Waals surface area contributed by atoms with Crippen LogP contribution in [-0.2, 0) is 10.0 Å². The summed E-state index contributed by atoms with van der Waals surface area (Å²) in [4.78, 5) is 0. The van der Waals surface area contributed by atoms with Gasteiger partial charge in [0.2, 0.25) is 10.0 Å². The number of hydrogen-bond acceptors (Lipinski definition) is 3. The molecule has 0 radical (unpaired) electrons. The van der Waals surface area contributed by atoms with E-state index in [4.69, 9.17) is 11.6 Å². The Bertz CT molecular complexity index is 822. The molecule has 1 saturated heterocycles. The van der Waals surface area contributed by atoms with E-state index < -0.39 is 10.0 Å². The zero-order valence-corrected chi connectivity index (χ0v) is 14.7. The molecule has 1 fully saturated rings. The number of hydrogen-bond donors (Lipinski definition) is 1. The second-order valence-electron chi connectivity index (χ2n) is 5.72. The van der Waals surface area contributed by atoms with Crippen LogP contribution < -0.4 is 5.32 Å². The SMILES string of the molecule is O=S(=O)(C=Cc1ccccc1Cl)N1CCC(Nc2ccccc2)C1. The molecule has 24 heavy (non-hydrogen) atoms. The maximum absolute atomic E-state index is 12.5. The lowest BCUT2D eigenvalue weighted by atomic mass is 10.2. The summed E-state index contributed by atoms with van der Waals surface area (Å²) in [6, 6.07) is 17.1. The molecule has 0 saturated carbocycles. The van der Waals surface area contributed by atoms with Crippen molar-refractivity contribution in [3.05, 3.63) is 70.6 Å². The fraction of sp³-hybridized carbons (Fsp3) is 0.222. The van der Waals surface area contributed by atoms with Crippen LogP contribution in [0.3, 0.4) is 0 Å². The smallest absolute Gasteiger partial charge is 0.236 e. The molecule has 6 heteroatoms. The van der Waals surface area contributed by atoms with E-state index in [-0.39, 0.29) is 6.04 Å². The minimum atomic E-state index is -3.45. The Kier molecular flexibility index (Phi) is 5.23. The van der Waals surface area contributed by atoms with Crippen molar-refractivity contribution < 1.29 is 8.42 Å². The van der Waals surface area contributed by atoms with Crippen molar-refractivity contribution in [1.29, 1.82) is 0 Å². The van der Waals surface area contributed by atoms with E-state index in [0.717, 1.165) is 12.1 Å². The van der Waals surface area contributed by atoms with E-state index in [1.807, 2.05) is 42.5 Å². The summed E-state index contributed by atoms with van der Waals surface area (Å²) in [5.41, 5.74) is 1.70. The zero-order chi connectivity index (χ0) is 17.0. The van der Waals surface area contributed by atoms with E-state index in [9.17, 15) is 8.42 Å². The Balaban J connectivity index is 1.65. The normalized spacial score (nSPS) is 19.0. The van der Waals surface area contributed by atoms with Gasteiger partial charge in [0.05, 0.1) is 0 Å². The summed E-state index contributed by atoms with van der Waals surface area (Å²) in [6.07, 6.45) is 2.34. The van der Waals surface area contributed by atoms with Crippen LogP contribution in [0.15, 0.2) is 60.0 Å². The first-order valence-corrected chi connectivity index (χ1v) is 9.67. The van der Waals surface area contributed by atoms with E-state index in [2.05, 4.69) is 5.32 Å². The largest absolute Gasteiger partial charge is 0.381 e. The Morgan fingerprint density at radius 2 is 1.79 bits per heavy atom. The van der Waals surface area contributed by atoms with Gasteiger partial charge in [-0.2, -0.15) is 4.31 Å². The molecular formula is C18H19ClN2O2S. The molecule has 1 atom stereocenters. The highest BCUT2D eigenvalue weighted by Gasteiger charge is 2.29. The van der Waals surface area contributed by atoms with Gasteiger partial charge >= 0.3 is 0 Å². The summed E-state index contributed by atoms with van der Waals surface area (Å²) in [7, 11) is -3.45. The average molecular weight is 363 g/mol. The molecule has 2 aromatic carbocycles. The molecule has 0 aromatic heterocycles. The second kappa shape index (κ2) is 7.38. The van der Waals surface area contributed by atoms with E-state index in [1.54, 1.807) is 18.2 Å². The molecule has 0 spiro atoms. The van der Waals surface area contributed by atoms with Crippen molar-refractivity contribution >= 4 is 33.4 Å². The van der Waals surface area contributed by atoms with Crippen molar-refractivity contribution in [1.82, 2.24) is 4.31 Å². The quantitative estimate of drug-likeness (QED) is 0.879. The van der Waals surface area contributed by atoms with Gasteiger partial charge in [0.15, 0.2) is 0 Å². The Morgan fingerprint density at radius 3 is 2.54 bits per heavy atom. The molecule has 0 amide bonds. The number of anilines is 1. The predicted molar refractivity (Wildman–Crippen MR) is 99.4 cm³/mol. The van der Waals surface area contributed by atoms with Crippen LogP contribution in [0.5, 0.6) is 0 Å². The molecule has 3 rings (SSSR count). The van der Waals surface area contributed by atoms with E-state index >= 15 is 0 Å². The van der Waals surface area contributed by atoms with Crippen LogP contribution in [0, 0.1) is 0 Å². The molecule has 0 aliphatic carbocycles. The number of nitrogens with zero attached hydrogens (tertiary/aromatic N) is 1. The zero-order valence-electron chi connectivity index (χ0n) is 13.1. The minimum absolute atomic E-state index is 0.121. The number of para-hydroxylation sites is 1. The van der Waals surface area contributed by atoms with Crippen molar-refractivity contribution in [3.8, 4) is 0 Å². The third-order valence-electron chi connectivity index (χ3n) is 3.98. The Labute approximate surface area is 147 Å². The summed E-state index contributed by atoms with van der Waals surface area (Å²) < 4.78 is 26.5. The van der Waals surface area contributed by atoms with Gasteiger partial charge in [-0.1, -0.05) is 48.0 Å². The van der Waals surface area contributed by atoms with Gasteiger partial charge in [-0.05, 0) is 36.3 Å². The molecule has 1 aliphatic heterocycles. The number of benzene rings is 2. The van der Waals surface area contributed by atoms with Crippen molar-refractivity contribution in [2.75, 3.05) is 18.4 Å². The van der Waals surface area contributed by atoms with Crippen LogP contribution in [0.25, 0.3) is 6.08 Å². The summed E-state index contributed by atoms with van der Waals surface area (Å²) in [6.45, 7) is 0.976. The topological polar surface area (TPSA) is 49.4 Å². The van der Waals surface area contributed by atoms with Crippen molar-refractivity contribution in [3.63, 3.8) is 0 Å². The van der Waals surface area contributed by atoms with E-state index in [1.165, 1.54) is 9.71 Å². The maximum atomic E-state index is 12.5. The van der Waals surface area contributed by atoms with E-state index in [0.29, 0.717) is 23.7 Å². The minimum Gasteiger partial charge on any atom is -0.381 e. The average Bonchev–Trinajstić information content (AvgIpc) is 3.04. The van der Waals surface area contributed by atoms with Crippen molar-refractivity contribution in [2.24, 2.45) is 0 Å². The highest BCUT2D eigenvalue weighted by molar-refractivity contribution is 7.92. The predicted octanol–water partition coefficient (Wildman–Crippen LogP) is 3.83. The summed E-state index contributed by atoms with van der Waals surface area (Å²) in [5, 5.41) is 5.15. The second-order valence-corrected chi connectivity index (χ2v) is 7.95. The lowest BCUT2D eigenvalue weighted by molar-refractivity contribution is 0.483. The molecule has 0 bridgehead atoms. The van der Waals surface area contributed by atoms with Crippen LogP contribution in [-0.4, -0.2) is 31.9 Å². The molecule has 1 aliphatic rings. The lowest BCUT2D eigenvalue weighted by Crippen LogP contribution is -2.30. The fourth-order valence-electron chi connectivity index (χ4n) is 2.70. The molecule has 1 N–H and O–H groups in total. The van der Waals surface area contributed by atoms with Crippen LogP contribution in [0.2, 0.25) is 5.02 Å². The molecule has 4 nitrogen and oxygen atoms in total. The van der Waals surface area contributed by atoms with Crippen LogP contribution >= 0.6 is 11.6 Å². The molecule has 126 valence electrons. The number of nitrogens with one attached hydrogen (secondary N) is 1. The van der Waals surface area contributed by atoms with Crippen molar-refractivity contribution in [2.45, 2.75) is 12.5 Å². The molecular weight excluding hydrogens is 344 g/mol. The number of sulfonamides is 1. The third-order valence-corrected chi connectivity index (χ3v) is 5.86. The Hall–Kier alpha value is -1.82. The maximum Gasteiger partial charge on any atom is 0.236 e. The van der Waals surface area contributed by atoms with Gasteiger partial charge < -0.3 is 5.32 Å². The monoisotopic (exact) mass is 362 g/mol. The first-order chi connectivity index (χ1) is 11.5. The standard InChI is InChI=1S/C18H19ClN2O2S/c19-18-9-5-4-6-15(18)11-13-24(22,23)21-12-10-17(14-21)20-16-7-2-1-3-8-16/h1-9,11,13,17,20H,10,12,14H2. The highest BCUT2D eigenvalue weighted by Crippen LogP contribution is 2.21. The first kappa shape index (κ1) is 17.0. The molecule has 1 heterocycles. The van der Waals surface area contributed by atoms with Crippen LogP contribution in [0.1, 0.15) is 12.0 Å². The fourth-order valence-corrected chi connectivity index (χ4v) is 4.14. The number of halogens is 1. The Morgan fingerprint density at radius 1 is 1.08 bits per heavy atom. The summed E-state index contributed by atoms with van der Waals surface area (Å²) in [5.74, 6) is 0. The van der Waals surface area contributed by atoms with Gasteiger partial charge in [0.25, 0.3) is 0 Å². The molecule has 1 unspecified atom stereocenters. The van der Waals surface area contributed by atoms with Gasteiger partial charge in [0.1, 0.15) is 0 Å². The third kappa shape index (κ3) is 4.17. The molecule has 2 aromatic rings.